The van der Waals surface area contributed by atoms with Crippen LogP contribution in [0, 0.1) is 0 Å². The van der Waals surface area contributed by atoms with Gasteiger partial charge in [-0.3, -0.25) is 14.2 Å². The van der Waals surface area contributed by atoms with Crippen molar-refractivity contribution in [3.8, 4) is 22.4 Å². The molecule has 4 rings (SSSR count). The Kier molecular flexibility index (Phi) is 5.29. The number of nitrogens with one attached hydrogen (secondary N) is 1. The van der Waals surface area contributed by atoms with Crippen molar-refractivity contribution in [3.05, 3.63) is 108 Å². The minimum Gasteiger partial charge on any atom is -0.324 e. The molecule has 0 aliphatic rings. The molecule has 4 aromatic rings. The zero-order valence-electron chi connectivity index (χ0n) is 15.7. The highest BCUT2D eigenvalue weighted by molar-refractivity contribution is 5.95. The van der Waals surface area contributed by atoms with E-state index in [1.54, 1.807) is 0 Å². The zero-order chi connectivity index (χ0) is 20.1. The molecule has 1 heterocycles. The molecule has 5 heteroatoms. The summed E-state index contributed by atoms with van der Waals surface area (Å²) >= 11 is 0. The molecule has 5 nitrogen and oxygen atoms in total. The summed E-state index contributed by atoms with van der Waals surface area (Å²) in [6.07, 6.45) is 1.41. The summed E-state index contributed by atoms with van der Waals surface area (Å²) in [5.74, 6) is -0.287. The fraction of sp³-hybridized carbons (Fsp3) is 0.0417. The summed E-state index contributed by atoms with van der Waals surface area (Å²) in [5, 5.41) is 2.90. The first-order valence-corrected chi connectivity index (χ1v) is 9.27. The standard InChI is InChI=1S/C24H19N3O2/c28-23(26-21-14-8-7-13-20(21)18-9-3-1-4-10-18)16-27-17-25-22(15-24(27)29)19-11-5-2-6-12-19/h1-15,17H,16H2,(H,26,28). The molecule has 0 unspecified atom stereocenters. The van der Waals surface area contributed by atoms with Gasteiger partial charge in [0.15, 0.2) is 0 Å². The Bertz CT molecular complexity index is 1190. The van der Waals surface area contributed by atoms with E-state index in [9.17, 15) is 9.59 Å². The number of amides is 1. The van der Waals surface area contributed by atoms with Crippen LogP contribution < -0.4 is 10.9 Å². The molecule has 29 heavy (non-hydrogen) atoms. The van der Waals surface area contributed by atoms with Gasteiger partial charge in [0, 0.05) is 22.9 Å². The van der Waals surface area contributed by atoms with Crippen LogP contribution in [0.4, 0.5) is 5.69 Å². The van der Waals surface area contributed by atoms with Crippen LogP contribution in [-0.2, 0) is 11.3 Å². The van der Waals surface area contributed by atoms with Crippen LogP contribution in [0.25, 0.3) is 22.4 Å². The van der Waals surface area contributed by atoms with Crippen molar-refractivity contribution in [1.82, 2.24) is 9.55 Å². The van der Waals surface area contributed by atoms with Gasteiger partial charge in [-0.2, -0.15) is 0 Å². The molecule has 0 radical (unpaired) electrons. The molecule has 1 aromatic heterocycles. The van der Waals surface area contributed by atoms with E-state index in [1.165, 1.54) is 17.0 Å². The smallest absolute Gasteiger partial charge is 0.254 e. The van der Waals surface area contributed by atoms with Crippen LogP contribution in [-0.4, -0.2) is 15.5 Å². The predicted octanol–water partition coefficient (Wildman–Crippen LogP) is 4.22. The molecular formula is C24H19N3O2. The van der Waals surface area contributed by atoms with Gasteiger partial charge in [0.1, 0.15) is 6.54 Å². The third-order valence-electron chi connectivity index (χ3n) is 4.55. The van der Waals surface area contributed by atoms with E-state index in [4.69, 9.17) is 0 Å². The average Bonchev–Trinajstić information content (AvgIpc) is 2.77. The van der Waals surface area contributed by atoms with Crippen LogP contribution in [0.1, 0.15) is 0 Å². The highest BCUT2D eigenvalue weighted by Crippen LogP contribution is 2.27. The minimum absolute atomic E-state index is 0.107. The molecule has 0 aliphatic heterocycles. The van der Waals surface area contributed by atoms with Crippen molar-refractivity contribution in [2.75, 3.05) is 5.32 Å². The first-order valence-electron chi connectivity index (χ1n) is 9.27. The predicted molar refractivity (Wildman–Crippen MR) is 114 cm³/mol. The van der Waals surface area contributed by atoms with Gasteiger partial charge in [-0.25, -0.2) is 4.98 Å². The number of anilines is 1. The molecule has 1 amide bonds. The third kappa shape index (κ3) is 4.30. The lowest BCUT2D eigenvalue weighted by molar-refractivity contribution is -0.116. The van der Waals surface area contributed by atoms with E-state index in [-0.39, 0.29) is 18.0 Å². The largest absolute Gasteiger partial charge is 0.324 e. The van der Waals surface area contributed by atoms with Gasteiger partial charge in [0.25, 0.3) is 5.56 Å². The second-order valence-electron chi connectivity index (χ2n) is 6.57. The zero-order valence-corrected chi connectivity index (χ0v) is 15.7. The summed E-state index contributed by atoms with van der Waals surface area (Å²) in [6, 6.07) is 28.3. The Morgan fingerprint density at radius 2 is 1.45 bits per heavy atom. The maximum Gasteiger partial charge on any atom is 0.254 e. The van der Waals surface area contributed by atoms with Crippen LogP contribution in [0.15, 0.2) is 102 Å². The van der Waals surface area contributed by atoms with Gasteiger partial charge in [0.05, 0.1) is 12.0 Å². The molecular weight excluding hydrogens is 362 g/mol. The first-order chi connectivity index (χ1) is 14.2. The van der Waals surface area contributed by atoms with Crippen molar-refractivity contribution in [3.63, 3.8) is 0 Å². The lowest BCUT2D eigenvalue weighted by Gasteiger charge is -2.12. The summed E-state index contributed by atoms with van der Waals surface area (Å²) < 4.78 is 1.30. The number of hydrogen-bond donors (Lipinski definition) is 1. The number of carbonyl (C=O) groups excluding carboxylic acids is 1. The van der Waals surface area contributed by atoms with Crippen molar-refractivity contribution < 1.29 is 4.79 Å². The maximum absolute atomic E-state index is 12.6. The highest BCUT2D eigenvalue weighted by Gasteiger charge is 2.10. The molecule has 142 valence electrons. The highest BCUT2D eigenvalue weighted by atomic mass is 16.2. The maximum atomic E-state index is 12.6. The summed E-state index contributed by atoms with van der Waals surface area (Å²) in [6.45, 7) is -0.107. The number of carbonyl (C=O) groups is 1. The fourth-order valence-electron chi connectivity index (χ4n) is 3.12. The van der Waals surface area contributed by atoms with Gasteiger partial charge in [-0.1, -0.05) is 78.9 Å². The van der Waals surface area contributed by atoms with E-state index < -0.39 is 0 Å². The molecule has 0 fully saturated rings. The van der Waals surface area contributed by atoms with E-state index in [0.29, 0.717) is 11.4 Å². The Morgan fingerprint density at radius 1 is 0.828 bits per heavy atom. The van der Waals surface area contributed by atoms with E-state index in [2.05, 4.69) is 10.3 Å². The van der Waals surface area contributed by atoms with Crippen molar-refractivity contribution >= 4 is 11.6 Å². The first kappa shape index (κ1) is 18.4. The number of rotatable bonds is 5. The van der Waals surface area contributed by atoms with Crippen LogP contribution >= 0.6 is 0 Å². The van der Waals surface area contributed by atoms with E-state index in [0.717, 1.165) is 16.7 Å². The number of aromatic nitrogens is 2. The van der Waals surface area contributed by atoms with Gasteiger partial charge < -0.3 is 5.32 Å². The molecule has 0 atom stereocenters. The Morgan fingerprint density at radius 3 is 2.14 bits per heavy atom. The fourth-order valence-corrected chi connectivity index (χ4v) is 3.12. The molecule has 1 N–H and O–H groups in total. The third-order valence-corrected chi connectivity index (χ3v) is 4.55. The minimum atomic E-state index is -0.287. The molecule has 0 bridgehead atoms. The average molecular weight is 381 g/mol. The van der Waals surface area contributed by atoms with Gasteiger partial charge >= 0.3 is 0 Å². The quantitative estimate of drug-likeness (QED) is 0.563. The summed E-state index contributed by atoms with van der Waals surface area (Å²) in [4.78, 5) is 29.3. The van der Waals surface area contributed by atoms with E-state index in [1.807, 2.05) is 84.9 Å². The SMILES string of the molecule is O=C(Cn1cnc(-c2ccccc2)cc1=O)Nc1ccccc1-c1ccccc1. The normalized spacial score (nSPS) is 10.5. The number of nitrogens with zero attached hydrogens (tertiary/aromatic N) is 2. The van der Waals surface area contributed by atoms with Gasteiger partial charge in [0.2, 0.25) is 5.91 Å². The molecule has 0 saturated heterocycles. The lowest BCUT2D eigenvalue weighted by atomic mass is 10.0. The van der Waals surface area contributed by atoms with Crippen molar-refractivity contribution in [2.24, 2.45) is 0 Å². The van der Waals surface area contributed by atoms with Crippen LogP contribution in [0.5, 0.6) is 0 Å². The number of benzene rings is 3. The summed E-state index contributed by atoms with van der Waals surface area (Å²) in [7, 11) is 0. The Hall–Kier alpha value is -3.99. The second kappa shape index (κ2) is 8.35. The monoisotopic (exact) mass is 381 g/mol. The molecule has 0 aliphatic carbocycles. The molecule has 0 saturated carbocycles. The lowest BCUT2D eigenvalue weighted by Crippen LogP contribution is -2.27. The molecule has 3 aromatic carbocycles. The Balaban J connectivity index is 1.52. The topological polar surface area (TPSA) is 64.0 Å². The Labute approximate surface area is 168 Å². The van der Waals surface area contributed by atoms with Crippen molar-refractivity contribution in [2.45, 2.75) is 6.54 Å². The van der Waals surface area contributed by atoms with Gasteiger partial charge in [-0.15, -0.1) is 0 Å². The number of para-hydroxylation sites is 1. The number of hydrogen-bond acceptors (Lipinski definition) is 3. The van der Waals surface area contributed by atoms with Crippen LogP contribution in [0.3, 0.4) is 0 Å². The van der Waals surface area contributed by atoms with Gasteiger partial charge in [-0.05, 0) is 11.6 Å². The van der Waals surface area contributed by atoms with Crippen LogP contribution in [0.2, 0.25) is 0 Å². The second-order valence-corrected chi connectivity index (χ2v) is 6.57. The summed E-state index contributed by atoms with van der Waals surface area (Å²) in [5.41, 5.74) is 3.80. The molecule has 0 spiro atoms. The van der Waals surface area contributed by atoms with E-state index >= 15 is 0 Å². The van der Waals surface area contributed by atoms with Crippen molar-refractivity contribution in [1.29, 1.82) is 0 Å².